The first-order valence-electron chi connectivity index (χ1n) is 10.1. The first kappa shape index (κ1) is 22.4. The summed E-state index contributed by atoms with van der Waals surface area (Å²) in [6.45, 7) is 0.759. The number of alkyl halides is 3. The molecular weight excluding hydrogens is 447 g/mol. The number of likely N-dealkylation sites (tertiary alicyclic amines) is 1. The summed E-state index contributed by atoms with van der Waals surface area (Å²) >= 11 is 0. The van der Waals surface area contributed by atoms with Gasteiger partial charge in [0, 0.05) is 5.69 Å². The highest BCUT2D eigenvalue weighted by molar-refractivity contribution is 7.93. The molecule has 0 saturated carbocycles. The van der Waals surface area contributed by atoms with Crippen LogP contribution in [0.15, 0.2) is 47.4 Å². The smallest absolute Gasteiger partial charge is 0.416 e. The Morgan fingerprint density at radius 3 is 2.47 bits per heavy atom. The average Bonchev–Trinajstić information content (AvgIpc) is 3.12. The summed E-state index contributed by atoms with van der Waals surface area (Å²) in [6.07, 6.45) is -2.90. The van der Waals surface area contributed by atoms with Crippen molar-refractivity contribution in [2.75, 3.05) is 36.4 Å². The number of nitrogens with one attached hydrogen (secondary N) is 1. The normalized spacial score (nSPS) is 20.9. The molecule has 1 amide bonds. The third-order valence-corrected chi connectivity index (χ3v) is 7.49. The monoisotopic (exact) mass is 469 g/mol. The molecule has 0 aliphatic carbocycles. The molecule has 0 aromatic heterocycles. The summed E-state index contributed by atoms with van der Waals surface area (Å²) in [7, 11) is -2.29. The van der Waals surface area contributed by atoms with Crippen LogP contribution < -0.4 is 14.4 Å². The fourth-order valence-electron chi connectivity index (χ4n) is 3.94. The van der Waals surface area contributed by atoms with Crippen molar-refractivity contribution in [3.63, 3.8) is 0 Å². The lowest BCUT2D eigenvalue weighted by molar-refractivity contribution is -0.137. The number of hydrogen-bond donors (Lipinski definition) is 1. The van der Waals surface area contributed by atoms with Gasteiger partial charge in [-0.25, -0.2) is 8.42 Å². The van der Waals surface area contributed by atoms with Crippen LogP contribution in [0.1, 0.15) is 18.4 Å². The maximum atomic E-state index is 13.4. The Labute approximate surface area is 183 Å². The van der Waals surface area contributed by atoms with E-state index in [0.29, 0.717) is 5.69 Å². The highest BCUT2D eigenvalue weighted by Gasteiger charge is 2.34. The van der Waals surface area contributed by atoms with Crippen molar-refractivity contribution in [3.05, 3.63) is 48.0 Å². The number of benzene rings is 2. The molecule has 172 valence electrons. The van der Waals surface area contributed by atoms with Crippen molar-refractivity contribution >= 4 is 27.3 Å². The van der Waals surface area contributed by atoms with E-state index in [1.165, 1.54) is 12.1 Å². The summed E-state index contributed by atoms with van der Waals surface area (Å²) in [5.41, 5.74) is -0.473. The number of carbonyl (C=O) groups is 1. The average molecular weight is 469 g/mol. The standard InChI is InChI=1S/C21H22F3N3O4S/c1-26-10-2-3-17(26)20(28)25-15-6-9-18-19(13-15)32(29,30)27(11-12-31-18)16-7-4-14(5-8-16)21(22,23)24/h4-9,13,17H,2-3,10-12H2,1H3,(H,25,28). The predicted molar refractivity (Wildman–Crippen MR) is 112 cm³/mol. The van der Waals surface area contributed by atoms with E-state index in [1.54, 1.807) is 6.07 Å². The van der Waals surface area contributed by atoms with E-state index >= 15 is 0 Å². The van der Waals surface area contributed by atoms with Crippen molar-refractivity contribution in [1.82, 2.24) is 4.90 Å². The molecule has 0 radical (unpaired) electrons. The summed E-state index contributed by atoms with van der Waals surface area (Å²) in [4.78, 5) is 14.4. The van der Waals surface area contributed by atoms with Gasteiger partial charge in [0.2, 0.25) is 5.91 Å². The molecule has 2 heterocycles. The Hall–Kier alpha value is -2.79. The van der Waals surface area contributed by atoms with Gasteiger partial charge in [-0.05, 0) is 68.9 Å². The van der Waals surface area contributed by atoms with Gasteiger partial charge in [-0.15, -0.1) is 0 Å². The lowest BCUT2D eigenvalue weighted by Crippen LogP contribution is -2.37. The second-order valence-corrected chi connectivity index (χ2v) is 9.59. The molecule has 4 rings (SSSR count). The first-order chi connectivity index (χ1) is 15.1. The molecule has 1 N–H and O–H groups in total. The van der Waals surface area contributed by atoms with Gasteiger partial charge in [0.05, 0.1) is 23.8 Å². The van der Waals surface area contributed by atoms with Gasteiger partial charge in [0.1, 0.15) is 17.3 Å². The van der Waals surface area contributed by atoms with E-state index in [4.69, 9.17) is 4.74 Å². The van der Waals surface area contributed by atoms with Crippen LogP contribution in [0.4, 0.5) is 24.5 Å². The molecule has 1 fully saturated rings. The molecule has 1 unspecified atom stereocenters. The zero-order valence-corrected chi connectivity index (χ0v) is 18.0. The van der Waals surface area contributed by atoms with Crippen LogP contribution in [-0.2, 0) is 21.0 Å². The first-order valence-corrected chi connectivity index (χ1v) is 11.5. The molecule has 1 atom stereocenters. The van der Waals surface area contributed by atoms with E-state index in [9.17, 15) is 26.4 Å². The molecule has 2 aromatic rings. The van der Waals surface area contributed by atoms with Crippen LogP contribution in [0.5, 0.6) is 5.75 Å². The van der Waals surface area contributed by atoms with Crippen LogP contribution in [0.2, 0.25) is 0 Å². The van der Waals surface area contributed by atoms with Gasteiger partial charge in [-0.3, -0.25) is 14.0 Å². The van der Waals surface area contributed by atoms with Gasteiger partial charge in [0.15, 0.2) is 0 Å². The fraction of sp³-hybridized carbons (Fsp3) is 0.381. The second-order valence-electron chi connectivity index (χ2n) is 7.76. The summed E-state index contributed by atoms with van der Waals surface area (Å²) in [5.74, 6) is -0.105. The molecule has 11 heteroatoms. The lowest BCUT2D eigenvalue weighted by atomic mass is 10.2. The van der Waals surface area contributed by atoms with Crippen LogP contribution in [0.25, 0.3) is 0 Å². The van der Waals surface area contributed by atoms with Crippen LogP contribution in [0, 0.1) is 0 Å². The van der Waals surface area contributed by atoms with E-state index in [0.717, 1.165) is 48.0 Å². The molecule has 0 bridgehead atoms. The predicted octanol–water partition coefficient (Wildman–Crippen LogP) is 3.33. The maximum absolute atomic E-state index is 13.4. The quantitative estimate of drug-likeness (QED) is 0.746. The fourth-order valence-corrected chi connectivity index (χ4v) is 5.54. The summed E-state index contributed by atoms with van der Waals surface area (Å²) in [5, 5.41) is 2.76. The Morgan fingerprint density at radius 2 is 1.84 bits per heavy atom. The van der Waals surface area contributed by atoms with E-state index in [-0.39, 0.29) is 41.4 Å². The Kier molecular flexibility index (Phi) is 5.80. The number of rotatable bonds is 3. The molecule has 7 nitrogen and oxygen atoms in total. The summed E-state index contributed by atoms with van der Waals surface area (Å²) < 4.78 is 71.9. The van der Waals surface area contributed by atoms with E-state index in [1.807, 2.05) is 11.9 Å². The molecule has 1 saturated heterocycles. The Morgan fingerprint density at radius 1 is 1.12 bits per heavy atom. The minimum atomic E-state index is -4.52. The highest BCUT2D eigenvalue weighted by atomic mass is 32.2. The van der Waals surface area contributed by atoms with Crippen LogP contribution in [0.3, 0.4) is 0 Å². The zero-order valence-electron chi connectivity index (χ0n) is 17.2. The van der Waals surface area contributed by atoms with Crippen LogP contribution in [-0.4, -0.2) is 52.0 Å². The maximum Gasteiger partial charge on any atom is 0.416 e. The van der Waals surface area contributed by atoms with Crippen molar-refractivity contribution in [2.45, 2.75) is 30.0 Å². The largest absolute Gasteiger partial charge is 0.490 e. The van der Waals surface area contributed by atoms with E-state index < -0.39 is 21.8 Å². The number of hydrogen-bond acceptors (Lipinski definition) is 5. The van der Waals surface area contributed by atoms with Crippen LogP contribution >= 0.6 is 0 Å². The molecule has 2 aliphatic heterocycles. The minimum absolute atomic E-state index is 0.0197. The lowest BCUT2D eigenvalue weighted by Gasteiger charge is -2.22. The van der Waals surface area contributed by atoms with Crippen molar-refractivity contribution < 1.29 is 31.1 Å². The number of likely N-dealkylation sites (N-methyl/N-ethyl adjacent to an activating group) is 1. The number of halogens is 3. The third kappa shape index (κ3) is 4.26. The molecule has 2 aliphatic rings. The van der Waals surface area contributed by atoms with E-state index in [2.05, 4.69) is 5.32 Å². The molecular formula is C21H22F3N3O4S. The number of amides is 1. The topological polar surface area (TPSA) is 79.0 Å². The summed E-state index contributed by atoms with van der Waals surface area (Å²) in [6, 6.07) is 7.98. The molecule has 32 heavy (non-hydrogen) atoms. The number of ether oxygens (including phenoxy) is 1. The SMILES string of the molecule is CN1CCCC1C(=O)Nc1ccc2c(c1)S(=O)(=O)N(c1ccc(C(F)(F)F)cc1)CCO2. The minimum Gasteiger partial charge on any atom is -0.490 e. The van der Waals surface area contributed by atoms with Gasteiger partial charge in [0.25, 0.3) is 10.0 Å². The molecule has 2 aromatic carbocycles. The Balaban J connectivity index is 1.64. The number of carbonyl (C=O) groups excluding carboxylic acids is 1. The molecule has 0 spiro atoms. The number of sulfonamides is 1. The number of fused-ring (bicyclic) bond motifs is 1. The Bertz CT molecular complexity index is 1120. The third-order valence-electron chi connectivity index (χ3n) is 5.64. The number of anilines is 2. The van der Waals surface area contributed by atoms with Crippen molar-refractivity contribution in [3.8, 4) is 5.75 Å². The zero-order chi connectivity index (χ0) is 23.1. The van der Waals surface area contributed by atoms with Crippen molar-refractivity contribution in [2.24, 2.45) is 0 Å². The highest BCUT2D eigenvalue weighted by Crippen LogP contribution is 2.36. The van der Waals surface area contributed by atoms with Gasteiger partial charge < -0.3 is 10.1 Å². The number of nitrogens with zero attached hydrogens (tertiary/aromatic N) is 2. The van der Waals surface area contributed by atoms with Gasteiger partial charge in [-0.1, -0.05) is 0 Å². The van der Waals surface area contributed by atoms with Gasteiger partial charge >= 0.3 is 6.18 Å². The van der Waals surface area contributed by atoms with Gasteiger partial charge in [-0.2, -0.15) is 13.2 Å². The second kappa shape index (κ2) is 8.28. The van der Waals surface area contributed by atoms with Crippen molar-refractivity contribution in [1.29, 1.82) is 0 Å².